The molecule has 0 rings (SSSR count). The van der Waals surface area contributed by atoms with E-state index in [4.69, 9.17) is 5.73 Å². The van der Waals surface area contributed by atoms with Gasteiger partial charge in [0, 0.05) is 6.04 Å². The van der Waals surface area contributed by atoms with E-state index in [2.05, 4.69) is 53.5 Å². The van der Waals surface area contributed by atoms with Crippen LogP contribution in [0.1, 0.15) is 54.4 Å². The van der Waals surface area contributed by atoms with Crippen LogP contribution in [-0.2, 0) is 0 Å². The Bertz CT molecular complexity index is 194. The maximum atomic E-state index is 5.85. The number of hydrogen-bond donors (Lipinski definition) is 1. The van der Waals surface area contributed by atoms with E-state index in [9.17, 15) is 0 Å². The topological polar surface area (TPSA) is 29.3 Å². The number of nitrogens with two attached hydrogens (primary N) is 1. The fourth-order valence-corrected chi connectivity index (χ4v) is 2.24. The lowest BCUT2D eigenvalue weighted by atomic mass is 9.86. The largest absolute Gasteiger partial charge is 0.330 e. The van der Waals surface area contributed by atoms with Crippen molar-refractivity contribution in [2.75, 3.05) is 20.1 Å². The van der Waals surface area contributed by atoms with E-state index in [0.717, 1.165) is 19.0 Å². The van der Waals surface area contributed by atoms with Crippen molar-refractivity contribution in [1.29, 1.82) is 0 Å². The molecule has 17 heavy (non-hydrogen) atoms. The minimum Gasteiger partial charge on any atom is -0.330 e. The summed E-state index contributed by atoms with van der Waals surface area (Å²) in [6, 6.07) is 0.611. The van der Waals surface area contributed by atoms with Gasteiger partial charge in [-0.2, -0.15) is 0 Å². The first-order chi connectivity index (χ1) is 7.68. The van der Waals surface area contributed by atoms with Crippen LogP contribution in [0.3, 0.4) is 0 Å². The average Bonchev–Trinajstić information content (AvgIpc) is 2.20. The second-order valence-electron chi connectivity index (χ2n) is 7.04. The van der Waals surface area contributed by atoms with E-state index >= 15 is 0 Å². The second-order valence-corrected chi connectivity index (χ2v) is 7.04. The summed E-state index contributed by atoms with van der Waals surface area (Å²) in [7, 11) is 2.23. The smallest absolute Gasteiger partial charge is 0.0112 e. The molecule has 0 aliphatic carbocycles. The van der Waals surface area contributed by atoms with Gasteiger partial charge in [-0.25, -0.2) is 0 Å². The predicted octanol–water partition coefficient (Wildman–Crippen LogP) is 3.36. The monoisotopic (exact) mass is 242 g/mol. The zero-order valence-corrected chi connectivity index (χ0v) is 13.1. The molecular formula is C15H34N2. The SMILES string of the molecule is CC(C)CC(CN)CCN(C)C(C)C(C)(C)C. The molecule has 2 atom stereocenters. The first-order valence-electron chi connectivity index (χ1n) is 7.08. The van der Waals surface area contributed by atoms with Crippen molar-refractivity contribution >= 4 is 0 Å². The van der Waals surface area contributed by atoms with Gasteiger partial charge in [0.15, 0.2) is 0 Å². The lowest BCUT2D eigenvalue weighted by Crippen LogP contribution is -2.40. The van der Waals surface area contributed by atoms with E-state index in [-0.39, 0.29) is 0 Å². The van der Waals surface area contributed by atoms with Crippen LogP contribution in [-0.4, -0.2) is 31.1 Å². The van der Waals surface area contributed by atoms with Crippen LogP contribution in [0.25, 0.3) is 0 Å². The Balaban J connectivity index is 4.08. The molecule has 0 saturated heterocycles. The predicted molar refractivity (Wildman–Crippen MR) is 78.2 cm³/mol. The summed E-state index contributed by atoms with van der Waals surface area (Å²) in [4.78, 5) is 2.48. The Morgan fingerprint density at radius 2 is 1.65 bits per heavy atom. The lowest BCUT2D eigenvalue weighted by Gasteiger charge is -2.36. The van der Waals surface area contributed by atoms with E-state index in [0.29, 0.717) is 17.4 Å². The van der Waals surface area contributed by atoms with E-state index < -0.39 is 0 Å². The van der Waals surface area contributed by atoms with Crippen molar-refractivity contribution in [2.24, 2.45) is 23.0 Å². The normalized spacial score (nSPS) is 16.6. The van der Waals surface area contributed by atoms with Crippen molar-refractivity contribution < 1.29 is 0 Å². The summed E-state index contributed by atoms with van der Waals surface area (Å²) in [5.74, 6) is 1.44. The van der Waals surface area contributed by atoms with Crippen LogP contribution >= 0.6 is 0 Å². The van der Waals surface area contributed by atoms with Crippen molar-refractivity contribution in [3.8, 4) is 0 Å². The molecule has 0 fully saturated rings. The van der Waals surface area contributed by atoms with Crippen LogP contribution in [0.4, 0.5) is 0 Å². The zero-order chi connectivity index (χ0) is 13.6. The third-order valence-electron chi connectivity index (χ3n) is 3.94. The van der Waals surface area contributed by atoms with Crippen molar-refractivity contribution in [1.82, 2.24) is 4.90 Å². The number of rotatable bonds is 7. The van der Waals surface area contributed by atoms with Gasteiger partial charge in [0.05, 0.1) is 0 Å². The third-order valence-corrected chi connectivity index (χ3v) is 3.94. The van der Waals surface area contributed by atoms with Crippen molar-refractivity contribution in [3.05, 3.63) is 0 Å². The van der Waals surface area contributed by atoms with E-state index in [1.165, 1.54) is 12.8 Å². The first kappa shape index (κ1) is 16.9. The van der Waals surface area contributed by atoms with Crippen molar-refractivity contribution in [3.63, 3.8) is 0 Å². The molecule has 0 saturated carbocycles. The highest BCUT2D eigenvalue weighted by Gasteiger charge is 2.24. The molecular weight excluding hydrogens is 208 g/mol. The van der Waals surface area contributed by atoms with Crippen LogP contribution in [0.2, 0.25) is 0 Å². The summed E-state index contributed by atoms with van der Waals surface area (Å²) in [6.07, 6.45) is 2.49. The quantitative estimate of drug-likeness (QED) is 0.742. The molecule has 104 valence electrons. The second kappa shape index (κ2) is 7.38. The number of hydrogen-bond acceptors (Lipinski definition) is 2. The van der Waals surface area contributed by atoms with Gasteiger partial charge < -0.3 is 10.6 Å². The third kappa shape index (κ3) is 7.05. The van der Waals surface area contributed by atoms with Gasteiger partial charge in [-0.15, -0.1) is 0 Å². The van der Waals surface area contributed by atoms with Crippen LogP contribution < -0.4 is 5.73 Å². The van der Waals surface area contributed by atoms with E-state index in [1.807, 2.05) is 0 Å². The molecule has 0 aromatic heterocycles. The molecule has 0 aliphatic rings. The molecule has 0 aromatic carbocycles. The maximum absolute atomic E-state index is 5.85. The summed E-state index contributed by atoms with van der Waals surface area (Å²) in [6.45, 7) is 15.8. The molecule has 0 radical (unpaired) electrons. The summed E-state index contributed by atoms with van der Waals surface area (Å²) in [5.41, 5.74) is 6.20. The minimum atomic E-state index is 0.352. The van der Waals surface area contributed by atoms with Gasteiger partial charge in [-0.05, 0) is 57.2 Å². The van der Waals surface area contributed by atoms with Gasteiger partial charge in [0.1, 0.15) is 0 Å². The lowest BCUT2D eigenvalue weighted by molar-refractivity contribution is 0.132. The molecule has 2 N–H and O–H groups in total. The number of nitrogens with zero attached hydrogens (tertiary/aromatic N) is 1. The highest BCUT2D eigenvalue weighted by atomic mass is 15.1. The first-order valence-corrected chi connectivity index (χ1v) is 7.08. The Hall–Kier alpha value is -0.0800. The van der Waals surface area contributed by atoms with Crippen LogP contribution in [0.5, 0.6) is 0 Å². The van der Waals surface area contributed by atoms with Gasteiger partial charge in [0.25, 0.3) is 0 Å². The summed E-state index contributed by atoms with van der Waals surface area (Å²) < 4.78 is 0. The standard InChI is InChI=1S/C15H34N2/c1-12(2)10-14(11-16)8-9-17(7)13(3)15(4,5)6/h12-14H,8-11,16H2,1-7H3. The summed E-state index contributed by atoms with van der Waals surface area (Å²) in [5, 5.41) is 0. The Morgan fingerprint density at radius 3 is 2.00 bits per heavy atom. The Labute approximate surface area is 109 Å². The Morgan fingerprint density at radius 1 is 1.12 bits per heavy atom. The van der Waals surface area contributed by atoms with Gasteiger partial charge in [-0.1, -0.05) is 34.6 Å². The van der Waals surface area contributed by atoms with Crippen LogP contribution in [0, 0.1) is 17.3 Å². The van der Waals surface area contributed by atoms with Gasteiger partial charge in [0.2, 0.25) is 0 Å². The molecule has 2 nitrogen and oxygen atoms in total. The fraction of sp³-hybridized carbons (Fsp3) is 1.00. The molecule has 2 unspecified atom stereocenters. The van der Waals surface area contributed by atoms with Crippen molar-refractivity contribution in [2.45, 2.75) is 60.4 Å². The average molecular weight is 242 g/mol. The molecule has 0 heterocycles. The highest BCUT2D eigenvalue weighted by Crippen LogP contribution is 2.24. The summed E-state index contributed by atoms with van der Waals surface area (Å²) >= 11 is 0. The van der Waals surface area contributed by atoms with E-state index in [1.54, 1.807) is 0 Å². The minimum absolute atomic E-state index is 0.352. The maximum Gasteiger partial charge on any atom is 0.0112 e. The highest BCUT2D eigenvalue weighted by molar-refractivity contribution is 4.78. The van der Waals surface area contributed by atoms with Crippen LogP contribution in [0.15, 0.2) is 0 Å². The molecule has 2 heteroatoms. The molecule has 0 bridgehead atoms. The molecule has 0 spiro atoms. The Kier molecular flexibility index (Phi) is 7.34. The molecule has 0 aromatic rings. The fourth-order valence-electron chi connectivity index (χ4n) is 2.24. The zero-order valence-electron chi connectivity index (χ0n) is 13.1. The molecule has 0 aliphatic heterocycles. The molecule has 0 amide bonds. The van der Waals surface area contributed by atoms with Gasteiger partial charge >= 0.3 is 0 Å². The van der Waals surface area contributed by atoms with Gasteiger partial charge in [-0.3, -0.25) is 0 Å².